The van der Waals surface area contributed by atoms with Crippen LogP contribution >= 0.6 is 0 Å². The fraction of sp³-hybridized carbons (Fsp3) is 0.857. The molecule has 3 nitrogen and oxygen atoms in total. The number of hydrogen-bond acceptors (Lipinski definition) is 2. The second-order valence-electron chi connectivity index (χ2n) is 6.02. The molecule has 2 saturated heterocycles. The van der Waals surface area contributed by atoms with Crippen molar-refractivity contribution in [2.24, 2.45) is 17.3 Å². The molecule has 17 heavy (non-hydrogen) atoms. The van der Waals surface area contributed by atoms with Gasteiger partial charge >= 0.3 is 0 Å². The fourth-order valence-electron chi connectivity index (χ4n) is 3.54. The van der Waals surface area contributed by atoms with Crippen molar-refractivity contribution in [3.8, 4) is 0 Å². The smallest absolute Gasteiger partial charge is 0.222 e. The second kappa shape index (κ2) is 4.11. The SMILES string of the molecule is CCC(=O)[C@@H]1C2CC(CN1C(=O)CC)C2(C)C. The highest BCUT2D eigenvalue weighted by Gasteiger charge is 2.59. The van der Waals surface area contributed by atoms with E-state index >= 15 is 0 Å². The van der Waals surface area contributed by atoms with E-state index in [-0.39, 0.29) is 23.1 Å². The van der Waals surface area contributed by atoms with Crippen LogP contribution in [0.15, 0.2) is 0 Å². The lowest BCUT2D eigenvalue weighted by molar-refractivity contribution is -0.174. The summed E-state index contributed by atoms with van der Waals surface area (Å²) in [6, 6.07) is -0.146. The van der Waals surface area contributed by atoms with Crippen molar-refractivity contribution in [2.75, 3.05) is 6.54 Å². The Labute approximate surface area is 104 Å². The van der Waals surface area contributed by atoms with Crippen molar-refractivity contribution in [3.63, 3.8) is 0 Å². The average molecular weight is 237 g/mol. The first-order valence-electron chi connectivity index (χ1n) is 6.75. The molecule has 1 aliphatic carbocycles. The van der Waals surface area contributed by atoms with Crippen molar-refractivity contribution < 1.29 is 9.59 Å². The lowest BCUT2D eigenvalue weighted by Gasteiger charge is -2.63. The molecule has 2 heterocycles. The summed E-state index contributed by atoms with van der Waals surface area (Å²) >= 11 is 0. The molecule has 1 saturated carbocycles. The maximum absolute atomic E-state index is 12.1. The van der Waals surface area contributed by atoms with Gasteiger partial charge in [0.15, 0.2) is 5.78 Å². The number of hydrogen-bond donors (Lipinski definition) is 0. The van der Waals surface area contributed by atoms with Crippen LogP contribution in [0.4, 0.5) is 0 Å². The van der Waals surface area contributed by atoms with Crippen LogP contribution in [0.1, 0.15) is 47.0 Å². The molecule has 0 radical (unpaired) electrons. The molecule has 3 rings (SSSR count). The van der Waals surface area contributed by atoms with Crippen LogP contribution in [-0.4, -0.2) is 29.2 Å². The largest absolute Gasteiger partial charge is 0.332 e. The van der Waals surface area contributed by atoms with E-state index in [0.717, 1.165) is 13.0 Å². The van der Waals surface area contributed by atoms with E-state index in [0.29, 0.717) is 24.7 Å². The maximum atomic E-state index is 12.1. The topological polar surface area (TPSA) is 37.4 Å². The number of rotatable bonds is 3. The zero-order chi connectivity index (χ0) is 12.8. The lowest BCUT2D eigenvalue weighted by atomic mass is 9.49. The number of carbonyl (C=O) groups is 2. The second-order valence-corrected chi connectivity index (χ2v) is 6.02. The van der Waals surface area contributed by atoms with Crippen molar-refractivity contribution in [3.05, 3.63) is 0 Å². The minimum absolute atomic E-state index is 0.141. The average Bonchev–Trinajstić information content (AvgIpc) is 2.35. The Morgan fingerprint density at radius 3 is 2.35 bits per heavy atom. The summed E-state index contributed by atoms with van der Waals surface area (Å²) < 4.78 is 0. The van der Waals surface area contributed by atoms with Gasteiger partial charge in [0.1, 0.15) is 0 Å². The number of piperidine rings is 2. The highest BCUT2D eigenvalue weighted by atomic mass is 16.2. The van der Waals surface area contributed by atoms with E-state index in [1.807, 2.05) is 18.7 Å². The first-order chi connectivity index (χ1) is 7.93. The van der Waals surface area contributed by atoms with E-state index in [1.165, 1.54) is 0 Å². The number of carbonyl (C=O) groups excluding carboxylic acids is 2. The molecule has 0 aromatic heterocycles. The van der Waals surface area contributed by atoms with Crippen LogP contribution in [0.2, 0.25) is 0 Å². The van der Waals surface area contributed by atoms with Gasteiger partial charge < -0.3 is 4.90 Å². The van der Waals surface area contributed by atoms with Crippen LogP contribution in [0.5, 0.6) is 0 Å². The Morgan fingerprint density at radius 2 is 1.88 bits per heavy atom. The van der Waals surface area contributed by atoms with Gasteiger partial charge in [0.2, 0.25) is 5.91 Å². The Morgan fingerprint density at radius 1 is 1.24 bits per heavy atom. The molecule has 1 amide bonds. The van der Waals surface area contributed by atoms with Gasteiger partial charge in [-0.15, -0.1) is 0 Å². The van der Waals surface area contributed by atoms with Crippen LogP contribution in [0.3, 0.4) is 0 Å². The molecule has 3 heteroatoms. The standard InChI is InChI=1S/C14H23NO2/c1-5-11(16)13-10-7-9(14(10,3)4)8-15(13)12(17)6-2/h9-10,13H,5-8H2,1-4H3/t9?,10?,13-/m0/s1. The zero-order valence-corrected chi connectivity index (χ0v) is 11.3. The maximum Gasteiger partial charge on any atom is 0.222 e. The third-order valence-electron chi connectivity index (χ3n) is 4.98. The molecule has 0 N–H and O–H groups in total. The summed E-state index contributed by atoms with van der Waals surface area (Å²) in [5, 5.41) is 0. The Hall–Kier alpha value is -0.860. The summed E-state index contributed by atoms with van der Waals surface area (Å²) in [5.41, 5.74) is 0.236. The van der Waals surface area contributed by atoms with E-state index in [1.54, 1.807) is 0 Å². The molecule has 3 aliphatic rings. The predicted molar refractivity (Wildman–Crippen MR) is 66.5 cm³/mol. The van der Waals surface area contributed by atoms with E-state index < -0.39 is 0 Å². The van der Waals surface area contributed by atoms with Gasteiger partial charge in [0, 0.05) is 19.4 Å². The Balaban J connectivity index is 2.25. The van der Waals surface area contributed by atoms with Crippen molar-refractivity contribution in [1.82, 2.24) is 4.90 Å². The summed E-state index contributed by atoms with van der Waals surface area (Å²) in [4.78, 5) is 25.9. The third kappa shape index (κ3) is 1.71. The van der Waals surface area contributed by atoms with E-state index in [2.05, 4.69) is 13.8 Å². The zero-order valence-electron chi connectivity index (χ0n) is 11.3. The molecule has 3 fully saturated rings. The highest BCUT2D eigenvalue weighted by molar-refractivity contribution is 5.89. The summed E-state index contributed by atoms with van der Waals surface area (Å²) in [7, 11) is 0. The molecule has 2 bridgehead atoms. The van der Waals surface area contributed by atoms with Crippen molar-refractivity contribution in [1.29, 1.82) is 0 Å². The van der Waals surface area contributed by atoms with Gasteiger partial charge in [-0.05, 0) is 23.7 Å². The molecule has 2 unspecified atom stereocenters. The van der Waals surface area contributed by atoms with Crippen LogP contribution in [0, 0.1) is 17.3 Å². The van der Waals surface area contributed by atoms with Crippen LogP contribution < -0.4 is 0 Å². The molecular weight excluding hydrogens is 214 g/mol. The molecule has 3 atom stereocenters. The van der Waals surface area contributed by atoms with Gasteiger partial charge in [-0.3, -0.25) is 9.59 Å². The minimum Gasteiger partial charge on any atom is -0.332 e. The summed E-state index contributed by atoms with van der Waals surface area (Å²) in [6.07, 6.45) is 2.17. The summed E-state index contributed by atoms with van der Waals surface area (Å²) in [5.74, 6) is 1.35. The monoisotopic (exact) mass is 237 g/mol. The van der Waals surface area contributed by atoms with Gasteiger partial charge in [-0.2, -0.15) is 0 Å². The van der Waals surface area contributed by atoms with Crippen molar-refractivity contribution in [2.45, 2.75) is 53.0 Å². The van der Waals surface area contributed by atoms with Gasteiger partial charge in [-0.1, -0.05) is 27.7 Å². The summed E-state index contributed by atoms with van der Waals surface area (Å²) in [6.45, 7) is 9.05. The first kappa shape index (κ1) is 12.6. The van der Waals surface area contributed by atoms with E-state index in [9.17, 15) is 9.59 Å². The molecular formula is C14H23NO2. The molecule has 0 aromatic rings. The number of ketones is 1. The van der Waals surface area contributed by atoms with Gasteiger partial charge in [0.25, 0.3) is 0 Å². The van der Waals surface area contributed by atoms with Gasteiger partial charge in [-0.25, -0.2) is 0 Å². The fourth-order valence-corrected chi connectivity index (χ4v) is 3.54. The number of fused-ring (bicyclic) bond motifs is 2. The molecule has 0 aromatic carbocycles. The molecule has 2 aliphatic heterocycles. The molecule has 0 spiro atoms. The lowest BCUT2D eigenvalue weighted by Crippen LogP contribution is -2.68. The van der Waals surface area contributed by atoms with Crippen LogP contribution in [-0.2, 0) is 9.59 Å². The predicted octanol–water partition coefficient (Wildman–Crippen LogP) is 2.25. The minimum atomic E-state index is -0.146. The van der Waals surface area contributed by atoms with Crippen LogP contribution in [0.25, 0.3) is 0 Å². The number of nitrogens with zero attached hydrogens (tertiary/aromatic N) is 1. The number of amides is 1. The quantitative estimate of drug-likeness (QED) is 0.755. The number of Topliss-reactive ketones (excluding diaryl/α,β-unsaturated/α-hetero) is 1. The third-order valence-corrected chi connectivity index (χ3v) is 4.98. The first-order valence-corrected chi connectivity index (χ1v) is 6.75. The Bertz CT molecular complexity index is 348. The molecule has 96 valence electrons. The van der Waals surface area contributed by atoms with Crippen molar-refractivity contribution >= 4 is 11.7 Å². The normalized spacial score (nSPS) is 34.1. The highest BCUT2D eigenvalue weighted by Crippen LogP contribution is 2.57. The Kier molecular flexibility index (Phi) is 3.04. The van der Waals surface area contributed by atoms with E-state index in [4.69, 9.17) is 0 Å². The van der Waals surface area contributed by atoms with Gasteiger partial charge in [0.05, 0.1) is 6.04 Å².